The number of hydrogen-bond donors (Lipinski definition) is 2. The highest BCUT2D eigenvalue weighted by Crippen LogP contribution is 2.10. The van der Waals surface area contributed by atoms with E-state index in [1.165, 1.54) is 7.05 Å². The Morgan fingerprint density at radius 1 is 1.56 bits per heavy atom. The molecule has 3 amide bonds. The van der Waals surface area contributed by atoms with Crippen molar-refractivity contribution in [3.8, 4) is 6.07 Å². The van der Waals surface area contributed by atoms with Crippen molar-refractivity contribution in [2.45, 2.75) is 25.3 Å². The quantitative estimate of drug-likeness (QED) is 0.470. The summed E-state index contributed by atoms with van der Waals surface area (Å²) < 4.78 is 0. The second-order valence-corrected chi connectivity index (χ2v) is 4.02. The first-order valence-corrected chi connectivity index (χ1v) is 5.73. The van der Waals surface area contributed by atoms with Crippen LogP contribution in [0.1, 0.15) is 19.3 Å². The van der Waals surface area contributed by atoms with Gasteiger partial charge in [0.1, 0.15) is 0 Å². The van der Waals surface area contributed by atoms with E-state index in [1.54, 1.807) is 0 Å². The van der Waals surface area contributed by atoms with Crippen LogP contribution in [0.15, 0.2) is 0 Å². The Bertz CT molecular complexity index is 388. The molecule has 1 atom stereocenters. The third kappa shape index (κ3) is 3.82. The molecule has 98 valence electrons. The van der Waals surface area contributed by atoms with E-state index in [0.717, 1.165) is 4.90 Å². The number of imide groups is 1. The molecule has 0 aromatic rings. The molecular formula is C11H16N4O3. The van der Waals surface area contributed by atoms with E-state index < -0.39 is 6.04 Å². The first kappa shape index (κ1) is 14.1. The van der Waals surface area contributed by atoms with Crippen molar-refractivity contribution in [2.24, 2.45) is 0 Å². The largest absolute Gasteiger partial charge is 0.354 e. The smallest absolute Gasteiger partial charge is 0.246 e. The summed E-state index contributed by atoms with van der Waals surface area (Å²) in [5.41, 5.74) is 0. The molecule has 7 nitrogen and oxygen atoms in total. The number of nitrogens with one attached hydrogen (secondary N) is 2. The number of rotatable bonds is 5. The molecule has 0 bridgehead atoms. The molecule has 1 heterocycles. The van der Waals surface area contributed by atoms with Gasteiger partial charge in [0.05, 0.1) is 25.1 Å². The lowest BCUT2D eigenvalue weighted by Gasteiger charge is -2.28. The van der Waals surface area contributed by atoms with E-state index in [1.807, 2.05) is 6.07 Å². The number of likely N-dealkylation sites (N-methyl/N-ethyl adjacent to an activating group) is 1. The molecule has 1 aliphatic rings. The SMILES string of the molecule is CN1C(=O)CCC(NCC(=O)NCCC#N)C1=O. The average Bonchev–Trinajstić information content (AvgIpc) is 2.35. The van der Waals surface area contributed by atoms with E-state index in [-0.39, 0.29) is 30.7 Å². The predicted molar refractivity (Wildman–Crippen MR) is 62.0 cm³/mol. The molecule has 1 fully saturated rings. The van der Waals surface area contributed by atoms with Crippen molar-refractivity contribution in [1.82, 2.24) is 15.5 Å². The molecule has 18 heavy (non-hydrogen) atoms. The number of carbonyl (C=O) groups is 3. The van der Waals surface area contributed by atoms with Gasteiger partial charge in [-0.3, -0.25) is 24.6 Å². The van der Waals surface area contributed by atoms with Gasteiger partial charge in [0, 0.05) is 20.0 Å². The van der Waals surface area contributed by atoms with Crippen LogP contribution in [-0.2, 0) is 14.4 Å². The highest BCUT2D eigenvalue weighted by molar-refractivity contribution is 6.00. The van der Waals surface area contributed by atoms with Crippen LogP contribution in [0, 0.1) is 11.3 Å². The van der Waals surface area contributed by atoms with Crippen molar-refractivity contribution in [3.63, 3.8) is 0 Å². The summed E-state index contributed by atoms with van der Waals surface area (Å²) in [7, 11) is 1.44. The van der Waals surface area contributed by atoms with Crippen LogP contribution in [0.4, 0.5) is 0 Å². The maximum Gasteiger partial charge on any atom is 0.246 e. The lowest BCUT2D eigenvalue weighted by atomic mass is 10.0. The summed E-state index contributed by atoms with van der Waals surface area (Å²) in [6.45, 7) is 0.303. The predicted octanol–water partition coefficient (Wildman–Crippen LogP) is -1.25. The summed E-state index contributed by atoms with van der Waals surface area (Å²) in [5.74, 6) is -0.773. The molecule has 0 aromatic heterocycles. The van der Waals surface area contributed by atoms with Crippen LogP contribution in [0.5, 0.6) is 0 Å². The number of hydrogen-bond acceptors (Lipinski definition) is 5. The third-order valence-electron chi connectivity index (χ3n) is 2.72. The minimum atomic E-state index is -0.491. The van der Waals surface area contributed by atoms with Gasteiger partial charge in [-0.2, -0.15) is 5.26 Å². The number of amides is 3. The zero-order valence-corrected chi connectivity index (χ0v) is 10.2. The summed E-state index contributed by atoms with van der Waals surface area (Å²) in [6.07, 6.45) is 0.967. The van der Waals surface area contributed by atoms with Crippen LogP contribution >= 0.6 is 0 Å². The van der Waals surface area contributed by atoms with E-state index >= 15 is 0 Å². The van der Waals surface area contributed by atoms with E-state index in [4.69, 9.17) is 5.26 Å². The van der Waals surface area contributed by atoms with Crippen LogP contribution in [0.25, 0.3) is 0 Å². The number of carbonyl (C=O) groups excluding carboxylic acids is 3. The Morgan fingerprint density at radius 3 is 2.94 bits per heavy atom. The molecule has 0 spiro atoms. The Hall–Kier alpha value is -1.94. The molecule has 0 radical (unpaired) electrons. The van der Waals surface area contributed by atoms with Gasteiger partial charge in [0.25, 0.3) is 0 Å². The van der Waals surface area contributed by atoms with Gasteiger partial charge < -0.3 is 5.32 Å². The lowest BCUT2D eigenvalue weighted by molar-refractivity contribution is -0.148. The number of nitriles is 1. The number of nitrogens with zero attached hydrogens (tertiary/aromatic N) is 2. The van der Waals surface area contributed by atoms with E-state index in [0.29, 0.717) is 19.4 Å². The Balaban J connectivity index is 2.31. The minimum absolute atomic E-state index is 0.00384. The van der Waals surface area contributed by atoms with Crippen LogP contribution < -0.4 is 10.6 Å². The Morgan fingerprint density at radius 2 is 2.28 bits per heavy atom. The Kier molecular flexibility index (Phi) is 5.27. The first-order valence-electron chi connectivity index (χ1n) is 5.73. The normalized spacial score (nSPS) is 19.6. The molecule has 1 saturated heterocycles. The van der Waals surface area contributed by atoms with Crippen LogP contribution in [0.2, 0.25) is 0 Å². The third-order valence-corrected chi connectivity index (χ3v) is 2.72. The molecular weight excluding hydrogens is 236 g/mol. The fourth-order valence-electron chi connectivity index (χ4n) is 1.64. The van der Waals surface area contributed by atoms with Crippen molar-refractivity contribution >= 4 is 17.7 Å². The summed E-state index contributed by atoms with van der Waals surface area (Å²) >= 11 is 0. The molecule has 7 heteroatoms. The zero-order valence-electron chi connectivity index (χ0n) is 10.2. The van der Waals surface area contributed by atoms with E-state index in [9.17, 15) is 14.4 Å². The highest BCUT2D eigenvalue weighted by Gasteiger charge is 2.31. The van der Waals surface area contributed by atoms with Gasteiger partial charge in [0.15, 0.2) is 0 Å². The van der Waals surface area contributed by atoms with Crippen molar-refractivity contribution < 1.29 is 14.4 Å². The first-order chi connectivity index (χ1) is 8.56. The fourth-order valence-corrected chi connectivity index (χ4v) is 1.64. The topological polar surface area (TPSA) is 102 Å². The lowest BCUT2D eigenvalue weighted by Crippen LogP contribution is -2.53. The van der Waals surface area contributed by atoms with Crippen LogP contribution in [0.3, 0.4) is 0 Å². The standard InChI is InChI=1S/C11H16N4O3/c1-15-10(17)4-3-8(11(15)18)14-7-9(16)13-6-2-5-12/h8,14H,2-4,6-7H2,1H3,(H,13,16). The van der Waals surface area contributed by atoms with E-state index in [2.05, 4.69) is 10.6 Å². The summed E-state index contributed by atoms with van der Waals surface area (Å²) in [5, 5.41) is 13.7. The van der Waals surface area contributed by atoms with Gasteiger partial charge in [0.2, 0.25) is 17.7 Å². The monoisotopic (exact) mass is 252 g/mol. The van der Waals surface area contributed by atoms with Crippen molar-refractivity contribution in [1.29, 1.82) is 5.26 Å². The molecule has 1 unspecified atom stereocenters. The highest BCUT2D eigenvalue weighted by atomic mass is 16.2. The number of likely N-dealkylation sites (tertiary alicyclic amines) is 1. The molecule has 1 aliphatic heterocycles. The minimum Gasteiger partial charge on any atom is -0.354 e. The van der Waals surface area contributed by atoms with Gasteiger partial charge >= 0.3 is 0 Å². The molecule has 0 aliphatic carbocycles. The molecule has 0 saturated carbocycles. The summed E-state index contributed by atoms with van der Waals surface area (Å²) in [4.78, 5) is 35.3. The van der Waals surface area contributed by atoms with Crippen molar-refractivity contribution in [2.75, 3.05) is 20.1 Å². The Labute approximate surface area is 105 Å². The van der Waals surface area contributed by atoms with Gasteiger partial charge in [-0.15, -0.1) is 0 Å². The summed E-state index contributed by atoms with van der Waals surface area (Å²) in [6, 6.07) is 1.42. The maximum absolute atomic E-state index is 11.7. The van der Waals surface area contributed by atoms with Gasteiger partial charge in [-0.05, 0) is 6.42 Å². The number of piperidine rings is 1. The molecule has 2 N–H and O–H groups in total. The maximum atomic E-state index is 11.7. The average molecular weight is 252 g/mol. The second-order valence-electron chi connectivity index (χ2n) is 4.02. The van der Waals surface area contributed by atoms with Crippen molar-refractivity contribution in [3.05, 3.63) is 0 Å². The zero-order chi connectivity index (χ0) is 13.5. The molecule has 0 aromatic carbocycles. The van der Waals surface area contributed by atoms with Crippen LogP contribution in [-0.4, -0.2) is 48.8 Å². The fraction of sp³-hybridized carbons (Fsp3) is 0.636. The second kappa shape index (κ2) is 6.71. The van der Waals surface area contributed by atoms with Gasteiger partial charge in [-0.1, -0.05) is 0 Å². The van der Waals surface area contributed by atoms with Gasteiger partial charge in [-0.25, -0.2) is 0 Å². The molecule has 1 rings (SSSR count).